The molecule has 0 atom stereocenters. The van der Waals surface area contributed by atoms with Crippen LogP contribution in [-0.4, -0.2) is 27.7 Å². The molecule has 0 radical (unpaired) electrons. The normalized spacial score (nSPS) is 6.83. The molecule has 0 unspecified atom stereocenters. The van der Waals surface area contributed by atoms with Crippen molar-refractivity contribution in [3.63, 3.8) is 0 Å². The van der Waals surface area contributed by atoms with E-state index in [-0.39, 0.29) is 0 Å². The Balaban J connectivity index is 2.66. The van der Waals surface area contributed by atoms with Crippen molar-refractivity contribution in [2.24, 2.45) is 0 Å². The Morgan fingerprint density at radius 1 is 1.83 bits per heavy atom. The van der Waals surface area contributed by atoms with E-state index >= 15 is 0 Å². The fraction of sp³-hybridized carbons (Fsp3) is 1.00. The number of hydrogen-bond acceptors (Lipinski definition) is 2. The fourth-order valence-corrected chi connectivity index (χ4v) is 0.333. The van der Waals surface area contributed by atoms with E-state index in [1.807, 2.05) is 20.7 Å². The molecule has 0 fully saturated rings. The summed E-state index contributed by atoms with van der Waals surface area (Å²) in [6.45, 7) is 1.84. The minimum absolute atomic E-state index is 1.34. The van der Waals surface area contributed by atoms with E-state index in [0.717, 1.165) is 0 Å². The van der Waals surface area contributed by atoms with Crippen molar-refractivity contribution in [2.45, 2.75) is 0 Å². The Bertz CT molecular complexity index is 46.1. The van der Waals surface area contributed by atoms with Gasteiger partial charge < -0.3 is 0 Å². The molecule has 0 bridgehead atoms. The minimum atomic E-state index is 1.34. The molecule has 0 N–H and O–H groups in total. The molecule has 0 spiro atoms. The van der Waals surface area contributed by atoms with Crippen molar-refractivity contribution in [1.82, 2.24) is 0 Å². The quantitative estimate of drug-likeness (QED) is 0.325. The van der Waals surface area contributed by atoms with Crippen molar-refractivity contribution in [3.05, 3.63) is 0 Å². The van der Waals surface area contributed by atoms with Gasteiger partial charge in [-0.1, -0.05) is 0 Å². The van der Waals surface area contributed by atoms with Crippen LogP contribution in [0.3, 0.4) is 0 Å². The molecule has 0 aromatic rings. The van der Waals surface area contributed by atoms with Crippen LogP contribution in [0.4, 0.5) is 0 Å². The standard InChI is InChI=1S/CH5B3OS/c1-6-5-4-3-2/h2H2,1H3. The van der Waals surface area contributed by atoms with Crippen LogP contribution >= 0.6 is 12.0 Å². The molecule has 0 heterocycles. The second-order valence-corrected chi connectivity index (χ2v) is 1.26. The molecule has 0 amide bonds. The second-order valence-electron chi connectivity index (χ2n) is 0.732. The topological polar surface area (TPSA) is 9.23 Å². The monoisotopic (exact) mass is 98.0 g/mol. The van der Waals surface area contributed by atoms with Crippen LogP contribution in [-0.2, 0) is 4.10 Å². The molecule has 30 valence electrons. The van der Waals surface area contributed by atoms with Gasteiger partial charge in [-0.3, -0.25) is 0 Å². The first-order valence-corrected chi connectivity index (χ1v) is 2.87. The summed E-state index contributed by atoms with van der Waals surface area (Å²) in [6.07, 6.45) is 1.88. The summed E-state index contributed by atoms with van der Waals surface area (Å²) in [5.74, 6) is 0. The van der Waals surface area contributed by atoms with Crippen molar-refractivity contribution < 1.29 is 4.10 Å². The molecule has 6 heavy (non-hydrogen) atoms. The third-order valence-corrected chi connectivity index (χ3v) is 0.591. The Morgan fingerprint density at radius 2 is 2.50 bits per heavy atom. The maximum absolute atomic E-state index is 4.72. The third kappa shape index (κ3) is 4.34. The van der Waals surface area contributed by atoms with Gasteiger partial charge in [-0.25, -0.2) is 0 Å². The van der Waals surface area contributed by atoms with Gasteiger partial charge in [0.05, 0.1) is 0 Å². The van der Waals surface area contributed by atoms with Gasteiger partial charge in [0.1, 0.15) is 0 Å². The van der Waals surface area contributed by atoms with Gasteiger partial charge in [0.15, 0.2) is 0 Å². The van der Waals surface area contributed by atoms with E-state index in [4.69, 9.17) is 4.10 Å². The molecular weight excluding hydrogens is 92.5 g/mol. The molecule has 0 rings (SSSR count). The summed E-state index contributed by atoms with van der Waals surface area (Å²) in [5, 5.41) is 0. The van der Waals surface area contributed by atoms with Crippen molar-refractivity contribution >= 4 is 33.5 Å². The summed E-state index contributed by atoms with van der Waals surface area (Å²) < 4.78 is 4.72. The van der Waals surface area contributed by atoms with Gasteiger partial charge in [-0.15, -0.1) is 0 Å². The first kappa shape index (κ1) is 6.34. The molecule has 0 aliphatic heterocycles. The average Bonchev–Trinajstić information content (AvgIpc) is 1.61. The number of hydrogen-bond donors (Lipinski definition) is 0. The predicted molar refractivity (Wildman–Crippen MR) is 34.7 cm³/mol. The molecule has 0 aromatic heterocycles. The molecule has 5 heteroatoms. The van der Waals surface area contributed by atoms with E-state index in [1.54, 1.807) is 7.00 Å². The zero-order valence-corrected chi connectivity index (χ0v) is 4.79. The van der Waals surface area contributed by atoms with Gasteiger partial charge in [0.25, 0.3) is 0 Å². The average molecular weight is 97.6 g/mol. The molecule has 0 aliphatic rings. The molecular formula is CH5B3OS. The zero-order valence-electron chi connectivity index (χ0n) is 3.97. The van der Waals surface area contributed by atoms with Gasteiger partial charge in [0.2, 0.25) is 0 Å². The summed E-state index contributed by atoms with van der Waals surface area (Å²) in [5.41, 5.74) is 0. The summed E-state index contributed by atoms with van der Waals surface area (Å²) in [6, 6.07) is 0. The van der Waals surface area contributed by atoms with Gasteiger partial charge in [0, 0.05) is 0 Å². The van der Waals surface area contributed by atoms with Crippen molar-refractivity contribution in [2.75, 3.05) is 6.26 Å². The zero-order chi connectivity index (χ0) is 4.83. The van der Waals surface area contributed by atoms with Crippen molar-refractivity contribution in [3.8, 4) is 0 Å². The first-order valence-electron chi connectivity index (χ1n) is 1.72. The summed E-state index contributed by atoms with van der Waals surface area (Å²) in [4.78, 5) is 0. The van der Waals surface area contributed by atoms with E-state index in [2.05, 4.69) is 0 Å². The first-order chi connectivity index (χ1) is 2.91. The van der Waals surface area contributed by atoms with Gasteiger partial charge >= 0.3 is 43.8 Å². The van der Waals surface area contributed by atoms with Crippen molar-refractivity contribution in [1.29, 1.82) is 0 Å². The SMILES string of the molecule is BB=BOSC. The molecule has 0 saturated heterocycles. The Morgan fingerprint density at radius 3 is 2.67 bits per heavy atom. The van der Waals surface area contributed by atoms with Crippen LogP contribution in [0.2, 0.25) is 0 Å². The maximum atomic E-state index is 4.72. The Labute approximate surface area is 44.6 Å². The van der Waals surface area contributed by atoms with E-state index in [0.29, 0.717) is 0 Å². The summed E-state index contributed by atoms with van der Waals surface area (Å²) in [7, 11) is 3.56. The van der Waals surface area contributed by atoms with Crippen LogP contribution in [0, 0.1) is 0 Å². The van der Waals surface area contributed by atoms with Crippen LogP contribution in [0.5, 0.6) is 0 Å². The second kappa shape index (κ2) is 5.34. The molecule has 0 saturated carbocycles. The Hall–Kier alpha value is 0.345. The predicted octanol–water partition coefficient (Wildman–Crippen LogP) is -0.933. The summed E-state index contributed by atoms with van der Waals surface area (Å²) >= 11 is 1.34. The van der Waals surface area contributed by atoms with Crippen LogP contribution in [0.15, 0.2) is 0 Å². The van der Waals surface area contributed by atoms with Crippen LogP contribution in [0.1, 0.15) is 0 Å². The van der Waals surface area contributed by atoms with Gasteiger partial charge in [-0.2, -0.15) is 0 Å². The molecule has 0 aromatic carbocycles. The molecule has 0 aliphatic carbocycles. The van der Waals surface area contributed by atoms with Crippen LogP contribution in [0.25, 0.3) is 0 Å². The fourth-order valence-electron chi connectivity index (χ4n) is 0.111. The van der Waals surface area contributed by atoms with Gasteiger partial charge in [-0.05, 0) is 0 Å². The van der Waals surface area contributed by atoms with Crippen LogP contribution < -0.4 is 0 Å². The number of rotatable bonds is 2. The van der Waals surface area contributed by atoms with E-state index in [9.17, 15) is 0 Å². The third-order valence-electron chi connectivity index (χ3n) is 0.288. The Kier molecular flexibility index (Phi) is 5.65. The molecule has 1 nitrogen and oxygen atoms in total. The van der Waals surface area contributed by atoms with E-state index in [1.165, 1.54) is 12.0 Å². The van der Waals surface area contributed by atoms with E-state index < -0.39 is 0 Å².